The molecule has 0 aliphatic rings. The van der Waals surface area contributed by atoms with Crippen LogP contribution in [0.1, 0.15) is 34.6 Å². The van der Waals surface area contributed by atoms with Gasteiger partial charge in [0.05, 0.1) is 12.2 Å². The molecule has 3 nitrogen and oxygen atoms in total. The number of hydrogen-bond donors (Lipinski definition) is 1. The maximum Gasteiger partial charge on any atom is 0.335 e. The standard InChI is InChI=1S/C24H30O3Si/c1-6-20(23(25)26)17-19(2)18-27-28(24(3,4)5,21-13-9-7-10-14-21)22-15-11-8-12-16-22/h6-17H,18H2,1-5H3,(H,25,26). The van der Waals surface area contributed by atoms with E-state index in [1.807, 2.05) is 19.1 Å². The summed E-state index contributed by atoms with van der Waals surface area (Å²) in [5, 5.41) is 11.6. The van der Waals surface area contributed by atoms with Crippen LogP contribution in [0.2, 0.25) is 5.04 Å². The van der Waals surface area contributed by atoms with Gasteiger partial charge in [0, 0.05) is 0 Å². The number of allylic oxidation sites excluding steroid dienone is 1. The summed E-state index contributed by atoms with van der Waals surface area (Å²) in [4.78, 5) is 11.3. The average molecular weight is 395 g/mol. The summed E-state index contributed by atoms with van der Waals surface area (Å²) < 4.78 is 6.80. The summed E-state index contributed by atoms with van der Waals surface area (Å²) in [5.41, 5.74) is 1.17. The van der Waals surface area contributed by atoms with Gasteiger partial charge in [-0.2, -0.15) is 0 Å². The number of rotatable bonds is 7. The maximum atomic E-state index is 11.3. The van der Waals surface area contributed by atoms with E-state index in [-0.39, 0.29) is 10.6 Å². The van der Waals surface area contributed by atoms with Crippen molar-refractivity contribution in [2.45, 2.75) is 39.7 Å². The highest BCUT2D eigenvalue weighted by Crippen LogP contribution is 2.37. The molecule has 0 amide bonds. The molecule has 0 aliphatic heterocycles. The number of carboxylic acids is 1. The van der Waals surface area contributed by atoms with Gasteiger partial charge in [0.2, 0.25) is 0 Å². The van der Waals surface area contributed by atoms with Gasteiger partial charge in [0.15, 0.2) is 0 Å². The van der Waals surface area contributed by atoms with Gasteiger partial charge >= 0.3 is 5.97 Å². The Hall–Kier alpha value is -2.43. The predicted octanol–water partition coefficient (Wildman–Crippen LogP) is 4.54. The molecule has 0 radical (unpaired) electrons. The van der Waals surface area contributed by atoms with E-state index in [1.54, 1.807) is 19.1 Å². The van der Waals surface area contributed by atoms with Crippen LogP contribution in [-0.4, -0.2) is 26.0 Å². The van der Waals surface area contributed by atoms with Gasteiger partial charge in [-0.3, -0.25) is 0 Å². The second kappa shape index (κ2) is 9.17. The van der Waals surface area contributed by atoms with E-state index < -0.39 is 14.3 Å². The molecule has 0 fully saturated rings. The van der Waals surface area contributed by atoms with E-state index in [9.17, 15) is 9.90 Å². The van der Waals surface area contributed by atoms with Crippen LogP contribution < -0.4 is 10.4 Å². The molecule has 0 aliphatic carbocycles. The number of benzene rings is 2. The lowest BCUT2D eigenvalue weighted by molar-refractivity contribution is -0.132. The van der Waals surface area contributed by atoms with Crippen LogP contribution in [0.3, 0.4) is 0 Å². The van der Waals surface area contributed by atoms with Crippen LogP contribution in [0.15, 0.2) is 84.0 Å². The molecule has 0 saturated carbocycles. The van der Waals surface area contributed by atoms with Crippen molar-refractivity contribution in [3.8, 4) is 0 Å². The quantitative estimate of drug-likeness (QED) is 0.426. The minimum Gasteiger partial charge on any atom is -0.478 e. The Morgan fingerprint density at radius 2 is 1.46 bits per heavy atom. The first-order valence-electron chi connectivity index (χ1n) is 9.54. The molecule has 0 unspecified atom stereocenters. The highest BCUT2D eigenvalue weighted by Gasteiger charge is 2.50. The van der Waals surface area contributed by atoms with Crippen LogP contribution in [0.4, 0.5) is 0 Å². The molecule has 2 aromatic rings. The Labute approximate surface area is 169 Å². The van der Waals surface area contributed by atoms with Crippen LogP contribution in [-0.2, 0) is 9.22 Å². The SMILES string of the molecule is CC=C(C=C(C)CO[Si](c1ccccc1)(c1ccccc1)C(C)(C)C)C(=O)O. The molecule has 0 heterocycles. The monoisotopic (exact) mass is 394 g/mol. The number of hydrogen-bond acceptors (Lipinski definition) is 2. The fourth-order valence-electron chi connectivity index (χ4n) is 3.56. The van der Waals surface area contributed by atoms with Crippen molar-refractivity contribution in [3.63, 3.8) is 0 Å². The Kier molecular flexibility index (Phi) is 7.16. The normalized spacial score (nSPS) is 13.5. The van der Waals surface area contributed by atoms with Crippen molar-refractivity contribution < 1.29 is 14.3 Å². The Morgan fingerprint density at radius 3 is 1.82 bits per heavy atom. The lowest BCUT2D eigenvalue weighted by atomic mass is 10.2. The molecule has 2 aromatic carbocycles. The second-order valence-electron chi connectivity index (χ2n) is 7.99. The summed E-state index contributed by atoms with van der Waals surface area (Å²) in [6.07, 6.45) is 3.30. The molecule has 0 atom stereocenters. The zero-order valence-corrected chi connectivity index (χ0v) is 18.4. The smallest absolute Gasteiger partial charge is 0.335 e. The molecule has 0 aromatic heterocycles. The van der Waals surface area contributed by atoms with Crippen molar-refractivity contribution in [1.29, 1.82) is 0 Å². The summed E-state index contributed by atoms with van der Waals surface area (Å²) in [7, 11) is -2.61. The molecule has 0 spiro atoms. The second-order valence-corrected chi connectivity index (χ2v) is 12.3. The van der Waals surface area contributed by atoms with E-state index in [4.69, 9.17) is 4.43 Å². The summed E-state index contributed by atoms with van der Waals surface area (Å²) in [6.45, 7) is 10.7. The predicted molar refractivity (Wildman–Crippen MR) is 119 cm³/mol. The van der Waals surface area contributed by atoms with Crippen LogP contribution in [0, 0.1) is 0 Å². The Balaban J connectivity index is 2.53. The van der Waals surface area contributed by atoms with Crippen LogP contribution >= 0.6 is 0 Å². The van der Waals surface area contributed by atoms with E-state index in [1.165, 1.54) is 10.4 Å². The first-order valence-corrected chi connectivity index (χ1v) is 11.4. The molecule has 0 saturated heterocycles. The lowest BCUT2D eigenvalue weighted by Gasteiger charge is -2.43. The number of carboxylic acid groups (broad SMARTS) is 1. The largest absolute Gasteiger partial charge is 0.478 e. The zero-order chi connectivity index (χ0) is 20.8. The molecule has 4 heteroatoms. The van der Waals surface area contributed by atoms with E-state index in [0.29, 0.717) is 6.61 Å². The Morgan fingerprint density at radius 1 is 1.00 bits per heavy atom. The van der Waals surface area contributed by atoms with Gasteiger partial charge in [-0.15, -0.1) is 0 Å². The number of carbonyl (C=O) groups is 1. The Bertz CT molecular complexity index is 807. The van der Waals surface area contributed by atoms with Gasteiger partial charge in [-0.05, 0) is 40.9 Å². The lowest BCUT2D eigenvalue weighted by Crippen LogP contribution is -2.66. The first-order chi connectivity index (χ1) is 13.2. The molecule has 1 N–H and O–H groups in total. The molecule has 0 bridgehead atoms. The zero-order valence-electron chi connectivity index (χ0n) is 17.4. The maximum absolute atomic E-state index is 11.3. The minimum absolute atomic E-state index is 0.105. The van der Waals surface area contributed by atoms with Gasteiger partial charge in [-0.1, -0.05) is 87.5 Å². The van der Waals surface area contributed by atoms with Crippen molar-refractivity contribution in [1.82, 2.24) is 0 Å². The minimum atomic E-state index is -2.61. The molecule has 148 valence electrons. The highest BCUT2D eigenvalue weighted by atomic mass is 28.4. The van der Waals surface area contributed by atoms with E-state index in [2.05, 4.69) is 69.3 Å². The van der Waals surface area contributed by atoms with E-state index in [0.717, 1.165) is 5.57 Å². The van der Waals surface area contributed by atoms with Crippen molar-refractivity contribution >= 4 is 24.7 Å². The van der Waals surface area contributed by atoms with Crippen molar-refractivity contribution in [2.75, 3.05) is 6.61 Å². The molecular weight excluding hydrogens is 364 g/mol. The molecular formula is C24H30O3Si. The van der Waals surface area contributed by atoms with Gasteiger partial charge in [0.25, 0.3) is 8.32 Å². The van der Waals surface area contributed by atoms with Gasteiger partial charge in [-0.25, -0.2) is 4.79 Å². The average Bonchev–Trinajstić information content (AvgIpc) is 2.67. The van der Waals surface area contributed by atoms with Crippen molar-refractivity contribution in [2.24, 2.45) is 0 Å². The summed E-state index contributed by atoms with van der Waals surface area (Å²) in [5.74, 6) is -0.924. The third-order valence-electron chi connectivity index (χ3n) is 4.89. The fraction of sp³-hybridized carbons (Fsp3) is 0.292. The van der Waals surface area contributed by atoms with Gasteiger partial charge < -0.3 is 9.53 Å². The van der Waals surface area contributed by atoms with E-state index >= 15 is 0 Å². The summed E-state index contributed by atoms with van der Waals surface area (Å²) in [6, 6.07) is 20.9. The van der Waals surface area contributed by atoms with Crippen LogP contribution in [0.5, 0.6) is 0 Å². The van der Waals surface area contributed by atoms with Crippen molar-refractivity contribution in [3.05, 3.63) is 84.0 Å². The van der Waals surface area contributed by atoms with Crippen LogP contribution in [0.25, 0.3) is 0 Å². The number of aliphatic carboxylic acids is 1. The first kappa shape index (κ1) is 21.9. The third kappa shape index (κ3) is 4.69. The summed E-state index contributed by atoms with van der Waals surface area (Å²) >= 11 is 0. The molecule has 28 heavy (non-hydrogen) atoms. The molecule has 2 rings (SSSR count). The fourth-order valence-corrected chi connectivity index (χ4v) is 8.16. The van der Waals surface area contributed by atoms with Gasteiger partial charge in [0.1, 0.15) is 0 Å². The third-order valence-corrected chi connectivity index (χ3v) is 9.88. The topological polar surface area (TPSA) is 46.5 Å². The highest BCUT2D eigenvalue weighted by molar-refractivity contribution is 6.99.